The lowest BCUT2D eigenvalue weighted by Crippen LogP contribution is -2.55. The third-order valence-corrected chi connectivity index (χ3v) is 5.12. The molecule has 1 amide bonds. The van der Waals surface area contributed by atoms with E-state index in [0.29, 0.717) is 30.4 Å². The summed E-state index contributed by atoms with van der Waals surface area (Å²) in [6.45, 7) is 5.69. The first-order chi connectivity index (χ1) is 13.1. The molecule has 1 unspecified atom stereocenters. The fourth-order valence-electron chi connectivity index (χ4n) is 3.63. The highest BCUT2D eigenvalue weighted by atomic mass is 16.3. The molecule has 142 valence electrons. The van der Waals surface area contributed by atoms with E-state index >= 15 is 0 Å². The number of furan rings is 1. The minimum atomic E-state index is -0.737. The molecule has 0 bridgehead atoms. The smallest absolute Gasteiger partial charge is 0.273 e. The molecule has 0 N–H and O–H groups in total. The maximum atomic E-state index is 13.2. The van der Waals surface area contributed by atoms with Crippen LogP contribution in [0.15, 0.2) is 35.1 Å². The van der Waals surface area contributed by atoms with Crippen LogP contribution in [0.5, 0.6) is 0 Å². The van der Waals surface area contributed by atoms with Gasteiger partial charge in [-0.1, -0.05) is 19.8 Å². The number of tetrazole rings is 1. The lowest BCUT2D eigenvalue weighted by molar-refractivity contribution is 0.0219. The van der Waals surface area contributed by atoms with Crippen molar-refractivity contribution in [3.8, 4) is 0 Å². The number of hydrogen-bond donors (Lipinski definition) is 0. The number of rotatable bonds is 7. The van der Waals surface area contributed by atoms with E-state index in [9.17, 15) is 4.79 Å². The summed E-state index contributed by atoms with van der Waals surface area (Å²) in [6, 6.07) is 5.42. The van der Waals surface area contributed by atoms with E-state index in [4.69, 9.17) is 4.42 Å². The third-order valence-electron chi connectivity index (χ3n) is 5.12. The average molecular weight is 369 g/mol. The van der Waals surface area contributed by atoms with Crippen LogP contribution in [0.2, 0.25) is 0 Å². The number of carbonyl (C=O) groups excluding carboxylic acids is 1. The Bertz CT molecular complexity index is 914. The van der Waals surface area contributed by atoms with Gasteiger partial charge in [0, 0.05) is 12.7 Å². The van der Waals surface area contributed by atoms with Gasteiger partial charge in [-0.3, -0.25) is 9.48 Å². The molecule has 3 aromatic heterocycles. The van der Waals surface area contributed by atoms with E-state index in [1.54, 1.807) is 28.1 Å². The van der Waals surface area contributed by atoms with Crippen LogP contribution in [0.4, 0.5) is 0 Å². The summed E-state index contributed by atoms with van der Waals surface area (Å²) in [5, 5.41) is 16.7. The van der Waals surface area contributed by atoms with E-state index in [1.807, 2.05) is 23.7 Å². The molecule has 27 heavy (non-hydrogen) atoms. The lowest BCUT2D eigenvalue weighted by atomic mass is 9.94. The third kappa shape index (κ3) is 3.02. The van der Waals surface area contributed by atoms with Gasteiger partial charge in [-0.05, 0) is 42.0 Å². The van der Waals surface area contributed by atoms with Crippen LogP contribution in [-0.4, -0.2) is 40.8 Å². The lowest BCUT2D eigenvalue weighted by Gasteiger charge is -2.43. The molecule has 9 heteroatoms. The van der Waals surface area contributed by atoms with Gasteiger partial charge in [0.1, 0.15) is 17.0 Å². The summed E-state index contributed by atoms with van der Waals surface area (Å²) in [5.41, 5.74) is -0.178. The predicted molar refractivity (Wildman–Crippen MR) is 95.5 cm³/mol. The topological polar surface area (TPSA) is 94.9 Å². The molecule has 0 aromatic carbocycles. The first kappa shape index (κ1) is 17.4. The van der Waals surface area contributed by atoms with E-state index < -0.39 is 5.54 Å². The zero-order valence-corrected chi connectivity index (χ0v) is 15.6. The minimum absolute atomic E-state index is 0.110. The number of aromatic nitrogens is 6. The quantitative estimate of drug-likeness (QED) is 0.593. The molecule has 4 rings (SSSR count). The Hall–Kier alpha value is -2.97. The molecule has 1 aliphatic heterocycles. The molecular weight excluding hydrogens is 346 g/mol. The van der Waals surface area contributed by atoms with Crippen LogP contribution in [0, 0.1) is 0 Å². The van der Waals surface area contributed by atoms with Crippen LogP contribution in [0.3, 0.4) is 0 Å². The normalized spacial score (nSPS) is 19.5. The van der Waals surface area contributed by atoms with Crippen LogP contribution in [0.1, 0.15) is 55.2 Å². The van der Waals surface area contributed by atoms with Gasteiger partial charge in [0.05, 0.1) is 19.4 Å². The van der Waals surface area contributed by atoms with E-state index in [1.165, 1.54) is 0 Å². The molecule has 0 aliphatic carbocycles. The van der Waals surface area contributed by atoms with Crippen LogP contribution < -0.4 is 0 Å². The summed E-state index contributed by atoms with van der Waals surface area (Å²) in [6.07, 6.45) is 6.47. The number of carbonyl (C=O) groups is 1. The summed E-state index contributed by atoms with van der Waals surface area (Å²) >= 11 is 0. The zero-order chi connectivity index (χ0) is 18.9. The number of fused-ring (bicyclic) bond motifs is 1. The number of amides is 1. The van der Waals surface area contributed by atoms with E-state index in [-0.39, 0.29) is 5.91 Å². The van der Waals surface area contributed by atoms with Crippen molar-refractivity contribution < 1.29 is 9.21 Å². The van der Waals surface area contributed by atoms with Gasteiger partial charge >= 0.3 is 0 Å². The number of hydrogen-bond acceptors (Lipinski definition) is 6. The molecule has 1 aliphatic rings. The Labute approximate surface area is 156 Å². The molecule has 9 nitrogen and oxygen atoms in total. The van der Waals surface area contributed by atoms with Crippen molar-refractivity contribution >= 4 is 5.91 Å². The maximum absolute atomic E-state index is 13.2. The van der Waals surface area contributed by atoms with Crippen molar-refractivity contribution in [1.82, 2.24) is 34.9 Å². The van der Waals surface area contributed by atoms with E-state index in [0.717, 1.165) is 25.8 Å². The number of aryl methyl sites for hydroxylation is 1. The van der Waals surface area contributed by atoms with Crippen LogP contribution >= 0.6 is 0 Å². The molecule has 0 spiro atoms. The van der Waals surface area contributed by atoms with Crippen LogP contribution in [0.25, 0.3) is 0 Å². The second kappa shape index (κ2) is 6.98. The molecule has 1 atom stereocenters. The van der Waals surface area contributed by atoms with Crippen molar-refractivity contribution in [3.05, 3.63) is 47.9 Å². The molecule has 0 saturated heterocycles. The summed E-state index contributed by atoms with van der Waals surface area (Å²) in [4.78, 5) is 15.0. The van der Waals surface area contributed by atoms with Gasteiger partial charge in [0.2, 0.25) is 0 Å². The van der Waals surface area contributed by atoms with Gasteiger partial charge in [0.15, 0.2) is 5.82 Å². The molecule has 0 fully saturated rings. The fourth-order valence-corrected chi connectivity index (χ4v) is 3.63. The Morgan fingerprint density at radius 1 is 1.30 bits per heavy atom. The average Bonchev–Trinajstić information content (AvgIpc) is 3.40. The Kier molecular flexibility index (Phi) is 4.51. The molecular formula is C18H23N7O2. The Morgan fingerprint density at radius 2 is 2.19 bits per heavy atom. The van der Waals surface area contributed by atoms with Crippen molar-refractivity contribution in [3.63, 3.8) is 0 Å². The van der Waals surface area contributed by atoms with Gasteiger partial charge in [-0.25, -0.2) is 4.68 Å². The number of unbranched alkanes of at least 4 members (excludes halogenated alkanes) is 2. The largest absolute Gasteiger partial charge is 0.467 e. The van der Waals surface area contributed by atoms with Gasteiger partial charge < -0.3 is 9.32 Å². The first-order valence-electron chi connectivity index (χ1n) is 9.26. The van der Waals surface area contributed by atoms with Gasteiger partial charge in [-0.2, -0.15) is 5.10 Å². The standard InChI is InChI=1S/C18H23N7O2/c1-3-4-5-10-24-17(20-21-22-24)18(2)13-25-15(8-9-19-25)16(26)23(18)12-14-7-6-11-27-14/h6-9,11H,3-5,10,12-13H2,1-2H3. The highest BCUT2D eigenvalue weighted by Gasteiger charge is 2.47. The van der Waals surface area contributed by atoms with Crippen molar-refractivity contribution in [1.29, 1.82) is 0 Å². The second-order valence-electron chi connectivity index (χ2n) is 7.05. The maximum Gasteiger partial charge on any atom is 0.273 e. The highest BCUT2D eigenvalue weighted by molar-refractivity contribution is 5.93. The second-order valence-corrected chi connectivity index (χ2v) is 7.05. The Morgan fingerprint density at radius 3 is 2.96 bits per heavy atom. The van der Waals surface area contributed by atoms with E-state index in [2.05, 4.69) is 27.5 Å². The summed E-state index contributed by atoms with van der Waals surface area (Å²) < 4.78 is 9.04. The van der Waals surface area contributed by atoms with Crippen molar-refractivity contribution in [2.45, 2.75) is 58.3 Å². The zero-order valence-electron chi connectivity index (χ0n) is 15.6. The first-order valence-corrected chi connectivity index (χ1v) is 9.26. The molecule has 4 heterocycles. The van der Waals surface area contributed by atoms with Crippen LogP contribution in [-0.2, 0) is 25.2 Å². The minimum Gasteiger partial charge on any atom is -0.467 e. The highest BCUT2D eigenvalue weighted by Crippen LogP contribution is 2.35. The Balaban J connectivity index is 1.73. The predicted octanol–water partition coefficient (Wildman–Crippen LogP) is 2.22. The van der Waals surface area contributed by atoms with Gasteiger partial charge in [0.25, 0.3) is 5.91 Å². The summed E-state index contributed by atoms with van der Waals surface area (Å²) in [5.74, 6) is 1.27. The van der Waals surface area contributed by atoms with Crippen molar-refractivity contribution in [2.24, 2.45) is 0 Å². The molecule has 3 aromatic rings. The molecule has 0 saturated carbocycles. The van der Waals surface area contributed by atoms with Gasteiger partial charge in [-0.15, -0.1) is 5.10 Å². The monoisotopic (exact) mass is 369 g/mol. The summed E-state index contributed by atoms with van der Waals surface area (Å²) in [7, 11) is 0. The number of nitrogens with zero attached hydrogens (tertiary/aromatic N) is 7. The fraction of sp³-hybridized carbons (Fsp3) is 0.500. The molecule has 0 radical (unpaired) electrons. The SMILES string of the molecule is CCCCCn1nnnc1C1(C)Cn2nccc2C(=O)N1Cc1ccco1. The van der Waals surface area contributed by atoms with Crippen molar-refractivity contribution in [2.75, 3.05) is 0 Å².